The summed E-state index contributed by atoms with van der Waals surface area (Å²) in [7, 11) is 0. The average molecular weight is 351 g/mol. The topological polar surface area (TPSA) is 20.3 Å². The van der Waals surface area contributed by atoms with Crippen molar-refractivity contribution >= 4 is 12.1 Å². The van der Waals surface area contributed by atoms with Crippen LogP contribution in [0.15, 0.2) is 48.5 Å². The van der Waals surface area contributed by atoms with Crippen LogP contribution in [0.1, 0.15) is 36.8 Å². The number of halogens is 4. The molecule has 132 valence electrons. The second-order valence-corrected chi connectivity index (χ2v) is 6.24. The Hall–Kier alpha value is -2.37. The zero-order valence-electron chi connectivity index (χ0n) is 13.4. The van der Waals surface area contributed by atoms with Crippen LogP contribution >= 0.6 is 0 Å². The molecule has 2 nitrogen and oxygen atoms in total. The molecule has 1 saturated carbocycles. The SMILES string of the molecule is O=CN(c1ccc(F)cc1C(F)(F)F)C1(c2ccccc2)CCCC1. The highest BCUT2D eigenvalue weighted by molar-refractivity contribution is 5.80. The molecule has 1 fully saturated rings. The molecule has 1 aliphatic carbocycles. The molecule has 0 aromatic heterocycles. The van der Waals surface area contributed by atoms with Gasteiger partial charge in [-0.15, -0.1) is 0 Å². The van der Waals surface area contributed by atoms with E-state index in [1.807, 2.05) is 18.2 Å². The lowest BCUT2D eigenvalue weighted by molar-refractivity contribution is -0.137. The van der Waals surface area contributed by atoms with Gasteiger partial charge >= 0.3 is 6.18 Å². The molecule has 0 aliphatic heterocycles. The zero-order chi connectivity index (χ0) is 18.1. The first kappa shape index (κ1) is 17.5. The van der Waals surface area contributed by atoms with Gasteiger partial charge < -0.3 is 4.90 Å². The van der Waals surface area contributed by atoms with Crippen LogP contribution in [-0.2, 0) is 16.5 Å². The van der Waals surface area contributed by atoms with E-state index in [0.717, 1.165) is 35.4 Å². The van der Waals surface area contributed by atoms with Gasteiger partial charge in [-0.05, 0) is 36.6 Å². The number of carbonyl (C=O) groups is 1. The van der Waals surface area contributed by atoms with Crippen LogP contribution in [0.3, 0.4) is 0 Å². The Bertz CT molecular complexity index is 752. The van der Waals surface area contributed by atoms with Gasteiger partial charge in [-0.1, -0.05) is 43.2 Å². The van der Waals surface area contributed by atoms with Gasteiger partial charge in [0.05, 0.1) is 16.8 Å². The summed E-state index contributed by atoms with van der Waals surface area (Å²) in [5.74, 6) is -0.984. The summed E-state index contributed by atoms with van der Waals surface area (Å²) in [6.45, 7) is 0. The van der Waals surface area contributed by atoms with Gasteiger partial charge in [0.2, 0.25) is 6.41 Å². The largest absolute Gasteiger partial charge is 0.418 e. The number of benzene rings is 2. The Morgan fingerprint density at radius 3 is 2.20 bits per heavy atom. The predicted molar refractivity (Wildman–Crippen MR) is 86.5 cm³/mol. The maximum atomic E-state index is 13.4. The van der Waals surface area contributed by atoms with Gasteiger partial charge in [-0.2, -0.15) is 13.2 Å². The van der Waals surface area contributed by atoms with E-state index >= 15 is 0 Å². The lowest BCUT2D eigenvalue weighted by Crippen LogP contribution is -2.44. The number of rotatable bonds is 4. The van der Waals surface area contributed by atoms with Crippen molar-refractivity contribution in [2.24, 2.45) is 0 Å². The van der Waals surface area contributed by atoms with Crippen molar-refractivity contribution in [1.29, 1.82) is 0 Å². The number of alkyl halides is 3. The van der Waals surface area contributed by atoms with Crippen molar-refractivity contribution in [3.63, 3.8) is 0 Å². The minimum absolute atomic E-state index is 0.311. The maximum absolute atomic E-state index is 13.4. The molecular formula is C19H17F4NO. The summed E-state index contributed by atoms with van der Waals surface area (Å²) in [5, 5.41) is 0. The van der Waals surface area contributed by atoms with Gasteiger partial charge in [0.25, 0.3) is 0 Å². The molecule has 0 bridgehead atoms. The van der Waals surface area contributed by atoms with E-state index < -0.39 is 23.1 Å². The Labute approximate surface area is 143 Å². The summed E-state index contributed by atoms with van der Waals surface area (Å²) in [4.78, 5) is 13.0. The second kappa shape index (κ2) is 6.50. The quantitative estimate of drug-likeness (QED) is 0.542. The minimum atomic E-state index is -4.75. The summed E-state index contributed by atoms with van der Waals surface area (Å²) >= 11 is 0. The molecule has 2 aromatic rings. The second-order valence-electron chi connectivity index (χ2n) is 6.24. The minimum Gasteiger partial charge on any atom is -0.304 e. The number of hydrogen-bond donors (Lipinski definition) is 0. The lowest BCUT2D eigenvalue weighted by atomic mass is 9.85. The highest BCUT2D eigenvalue weighted by atomic mass is 19.4. The number of nitrogens with zero attached hydrogens (tertiary/aromatic N) is 1. The van der Waals surface area contributed by atoms with Crippen LogP contribution in [0.2, 0.25) is 0 Å². The highest BCUT2D eigenvalue weighted by Gasteiger charge is 2.45. The van der Waals surface area contributed by atoms with E-state index in [1.54, 1.807) is 12.1 Å². The van der Waals surface area contributed by atoms with Crippen molar-refractivity contribution < 1.29 is 22.4 Å². The average Bonchev–Trinajstić information content (AvgIpc) is 3.07. The summed E-state index contributed by atoms with van der Waals surface area (Å²) in [6.07, 6.45) is -1.59. The Morgan fingerprint density at radius 1 is 1.00 bits per heavy atom. The number of amides is 1. The molecule has 1 aliphatic rings. The maximum Gasteiger partial charge on any atom is 0.418 e. The van der Waals surface area contributed by atoms with Crippen LogP contribution in [0.4, 0.5) is 23.2 Å². The standard InChI is InChI=1S/C19H17F4NO/c20-15-8-9-17(16(12-15)19(21,22)23)24(13-25)18(10-4-5-11-18)14-6-2-1-3-7-14/h1-3,6-9,12-13H,4-5,10-11H2. The monoisotopic (exact) mass is 351 g/mol. The molecule has 2 aromatic carbocycles. The van der Waals surface area contributed by atoms with E-state index in [-0.39, 0.29) is 5.69 Å². The molecule has 6 heteroatoms. The molecule has 3 rings (SSSR count). The van der Waals surface area contributed by atoms with E-state index in [0.29, 0.717) is 25.3 Å². The van der Waals surface area contributed by atoms with Crippen LogP contribution < -0.4 is 4.90 Å². The summed E-state index contributed by atoms with van der Waals surface area (Å²) in [6, 6.07) is 11.5. The number of hydrogen-bond acceptors (Lipinski definition) is 1. The van der Waals surface area contributed by atoms with Crippen LogP contribution in [0, 0.1) is 5.82 Å². The van der Waals surface area contributed by atoms with Gasteiger partial charge in [0.15, 0.2) is 0 Å². The molecule has 0 heterocycles. The lowest BCUT2D eigenvalue weighted by Gasteiger charge is -2.40. The molecule has 0 unspecified atom stereocenters. The van der Waals surface area contributed by atoms with E-state index in [4.69, 9.17) is 0 Å². The Balaban J connectivity index is 2.18. The molecule has 0 saturated heterocycles. The van der Waals surface area contributed by atoms with Crippen LogP contribution in [0.25, 0.3) is 0 Å². The predicted octanol–water partition coefficient (Wildman–Crippen LogP) is 5.28. The van der Waals surface area contributed by atoms with Crippen molar-refractivity contribution in [3.05, 3.63) is 65.5 Å². The Kier molecular flexibility index (Phi) is 4.54. The van der Waals surface area contributed by atoms with Gasteiger partial charge in [0.1, 0.15) is 5.82 Å². The van der Waals surface area contributed by atoms with Gasteiger partial charge in [-0.25, -0.2) is 4.39 Å². The fourth-order valence-corrected chi connectivity index (χ4v) is 3.71. The van der Waals surface area contributed by atoms with Crippen LogP contribution in [-0.4, -0.2) is 6.41 Å². The fraction of sp³-hybridized carbons (Fsp3) is 0.316. The first-order valence-corrected chi connectivity index (χ1v) is 8.05. The molecule has 0 radical (unpaired) electrons. The summed E-state index contributed by atoms with van der Waals surface area (Å²) in [5.41, 5.74) is -1.51. The molecule has 0 N–H and O–H groups in total. The summed E-state index contributed by atoms with van der Waals surface area (Å²) < 4.78 is 53.7. The number of anilines is 1. The van der Waals surface area contributed by atoms with Crippen molar-refractivity contribution in [2.75, 3.05) is 4.90 Å². The van der Waals surface area contributed by atoms with Crippen molar-refractivity contribution in [2.45, 2.75) is 37.4 Å². The molecule has 0 spiro atoms. The fourth-order valence-electron chi connectivity index (χ4n) is 3.71. The van der Waals surface area contributed by atoms with Crippen molar-refractivity contribution in [3.8, 4) is 0 Å². The third-order valence-corrected chi connectivity index (χ3v) is 4.83. The highest BCUT2D eigenvalue weighted by Crippen LogP contribution is 2.48. The smallest absolute Gasteiger partial charge is 0.304 e. The van der Waals surface area contributed by atoms with Crippen molar-refractivity contribution in [1.82, 2.24) is 0 Å². The van der Waals surface area contributed by atoms with Gasteiger partial charge in [-0.3, -0.25) is 4.79 Å². The third kappa shape index (κ3) is 3.13. The van der Waals surface area contributed by atoms with Crippen LogP contribution in [0.5, 0.6) is 0 Å². The van der Waals surface area contributed by atoms with Gasteiger partial charge in [0, 0.05) is 0 Å². The third-order valence-electron chi connectivity index (χ3n) is 4.83. The molecule has 0 atom stereocenters. The van der Waals surface area contributed by atoms with E-state index in [9.17, 15) is 22.4 Å². The Morgan fingerprint density at radius 2 is 1.64 bits per heavy atom. The molecular weight excluding hydrogens is 334 g/mol. The van der Waals surface area contributed by atoms with E-state index in [1.165, 1.54) is 0 Å². The zero-order valence-corrected chi connectivity index (χ0v) is 13.4. The van der Waals surface area contributed by atoms with E-state index in [2.05, 4.69) is 0 Å². The molecule has 25 heavy (non-hydrogen) atoms. The normalized spacial score (nSPS) is 16.6. The number of carbonyl (C=O) groups excluding carboxylic acids is 1. The first-order valence-electron chi connectivity index (χ1n) is 8.05. The molecule has 1 amide bonds. The first-order chi connectivity index (χ1) is 11.9.